The van der Waals surface area contributed by atoms with Crippen LogP contribution in [-0.2, 0) is 22.6 Å². The first-order valence-electron chi connectivity index (χ1n) is 11.9. The van der Waals surface area contributed by atoms with Gasteiger partial charge in [0.15, 0.2) is 5.69 Å². The first-order valence-corrected chi connectivity index (χ1v) is 11.9. The highest BCUT2D eigenvalue weighted by molar-refractivity contribution is 5.96. The number of hydrogen-bond donors (Lipinski definition) is 1. The number of carbonyl (C=O) groups excluding carboxylic acids is 3. The quantitative estimate of drug-likeness (QED) is 0.582. The number of ether oxygens (including phenoxy) is 2. The van der Waals surface area contributed by atoms with Crippen LogP contribution >= 0.6 is 0 Å². The minimum absolute atomic E-state index is 0.0357. The molecule has 10 heteroatoms. The molecule has 0 saturated carbocycles. The van der Waals surface area contributed by atoms with Crippen molar-refractivity contribution >= 4 is 18.0 Å². The van der Waals surface area contributed by atoms with Crippen LogP contribution in [0, 0.1) is 5.82 Å². The predicted octanol–water partition coefficient (Wildman–Crippen LogP) is 3.38. The van der Waals surface area contributed by atoms with Crippen molar-refractivity contribution in [2.24, 2.45) is 0 Å². The zero-order chi connectivity index (χ0) is 26.3. The van der Waals surface area contributed by atoms with E-state index in [1.807, 2.05) is 0 Å². The first-order chi connectivity index (χ1) is 17.1. The summed E-state index contributed by atoms with van der Waals surface area (Å²) in [6, 6.07) is 7.96. The van der Waals surface area contributed by atoms with Crippen LogP contribution in [-0.4, -0.2) is 71.1 Å². The third-order valence-corrected chi connectivity index (χ3v) is 5.48. The summed E-state index contributed by atoms with van der Waals surface area (Å²) in [5, 5.41) is 2.61. The number of hydrogen-bond acceptors (Lipinski definition) is 7. The van der Waals surface area contributed by atoms with Crippen molar-refractivity contribution in [2.45, 2.75) is 46.4 Å². The van der Waals surface area contributed by atoms with E-state index in [2.05, 4.69) is 15.2 Å². The fraction of sp³-hybridized carbons (Fsp3) is 0.462. The van der Waals surface area contributed by atoms with Crippen LogP contribution in [0.1, 0.15) is 59.7 Å². The predicted molar refractivity (Wildman–Crippen MR) is 131 cm³/mol. The van der Waals surface area contributed by atoms with E-state index >= 15 is 0 Å². The molecule has 1 N–H and O–H groups in total. The van der Waals surface area contributed by atoms with Crippen LogP contribution in [0.15, 0.2) is 36.5 Å². The molecule has 2 heterocycles. The van der Waals surface area contributed by atoms with Crippen molar-refractivity contribution in [3.05, 3.63) is 64.7 Å². The number of nitrogens with zero attached hydrogens (tertiary/aromatic N) is 3. The highest BCUT2D eigenvalue weighted by Gasteiger charge is 2.25. The second kappa shape index (κ2) is 11.9. The Morgan fingerprint density at radius 2 is 1.75 bits per heavy atom. The molecule has 1 aromatic carbocycles. The largest absolute Gasteiger partial charge is 0.461 e. The Kier molecular flexibility index (Phi) is 8.98. The standard InChI is InChI=1S/C26H33FN4O5/c1-5-35-24(33)22-19(15-29-25(34)36-26(2,3)4)14-20(16-28-22)23(32)31-12-10-30(11-13-31)17-18-6-8-21(27)9-7-18/h6-9,14,16H,5,10-13,15,17H2,1-4H3,(H,29,34). The van der Waals surface area contributed by atoms with Gasteiger partial charge in [0.1, 0.15) is 11.4 Å². The average Bonchev–Trinajstić information content (AvgIpc) is 2.83. The number of benzene rings is 1. The van der Waals surface area contributed by atoms with Crippen molar-refractivity contribution in [3.8, 4) is 0 Å². The molecule has 36 heavy (non-hydrogen) atoms. The van der Waals surface area contributed by atoms with E-state index < -0.39 is 17.7 Å². The highest BCUT2D eigenvalue weighted by atomic mass is 19.1. The molecule has 2 amide bonds. The van der Waals surface area contributed by atoms with Crippen LogP contribution in [0.5, 0.6) is 0 Å². The molecule has 3 rings (SSSR count). The van der Waals surface area contributed by atoms with Crippen molar-refractivity contribution in [1.82, 2.24) is 20.1 Å². The molecule has 194 valence electrons. The second-order valence-electron chi connectivity index (χ2n) is 9.50. The van der Waals surface area contributed by atoms with E-state index in [1.54, 1.807) is 50.8 Å². The third-order valence-electron chi connectivity index (χ3n) is 5.48. The van der Waals surface area contributed by atoms with Gasteiger partial charge in [0.25, 0.3) is 5.91 Å². The zero-order valence-corrected chi connectivity index (χ0v) is 21.2. The second-order valence-corrected chi connectivity index (χ2v) is 9.50. The normalized spacial score (nSPS) is 14.3. The summed E-state index contributed by atoms with van der Waals surface area (Å²) in [5.41, 5.74) is 1.05. The van der Waals surface area contributed by atoms with Crippen LogP contribution < -0.4 is 5.32 Å². The number of nitrogens with one attached hydrogen (secondary N) is 1. The summed E-state index contributed by atoms with van der Waals surface area (Å²) in [5.74, 6) is -1.11. The van der Waals surface area contributed by atoms with Crippen molar-refractivity contribution < 1.29 is 28.2 Å². The molecule has 1 aliphatic rings. The number of aromatic nitrogens is 1. The van der Waals surface area contributed by atoms with Gasteiger partial charge in [0, 0.05) is 51.0 Å². The molecule has 0 aliphatic carbocycles. The fourth-order valence-electron chi connectivity index (χ4n) is 3.77. The Balaban J connectivity index is 1.67. The van der Waals surface area contributed by atoms with Crippen LogP contribution in [0.4, 0.5) is 9.18 Å². The Hall–Kier alpha value is -3.53. The van der Waals surface area contributed by atoms with Gasteiger partial charge in [-0.05, 0) is 51.5 Å². The Morgan fingerprint density at radius 1 is 1.08 bits per heavy atom. The number of rotatable bonds is 7. The van der Waals surface area contributed by atoms with Gasteiger partial charge in [0.2, 0.25) is 0 Å². The SMILES string of the molecule is CCOC(=O)c1ncc(C(=O)N2CCN(Cc3ccc(F)cc3)CC2)cc1CNC(=O)OC(C)(C)C. The van der Waals surface area contributed by atoms with E-state index in [4.69, 9.17) is 9.47 Å². The Labute approximate surface area is 210 Å². The number of amides is 2. The van der Waals surface area contributed by atoms with E-state index in [-0.39, 0.29) is 30.6 Å². The lowest BCUT2D eigenvalue weighted by atomic mass is 10.1. The molecule has 1 saturated heterocycles. The lowest BCUT2D eigenvalue weighted by molar-refractivity contribution is 0.0497. The van der Waals surface area contributed by atoms with E-state index in [0.717, 1.165) is 5.56 Å². The summed E-state index contributed by atoms with van der Waals surface area (Å²) in [6.07, 6.45) is 0.711. The molecule has 0 spiro atoms. The molecule has 0 radical (unpaired) electrons. The zero-order valence-electron chi connectivity index (χ0n) is 21.2. The number of halogens is 1. The maximum absolute atomic E-state index is 13.2. The number of carbonyl (C=O) groups is 3. The number of piperazine rings is 1. The van der Waals surface area contributed by atoms with Gasteiger partial charge in [0.05, 0.1) is 12.2 Å². The summed E-state index contributed by atoms with van der Waals surface area (Å²) in [7, 11) is 0. The number of esters is 1. The van der Waals surface area contributed by atoms with Crippen molar-refractivity contribution in [2.75, 3.05) is 32.8 Å². The number of pyridine rings is 1. The summed E-state index contributed by atoms with van der Waals surface area (Å²) < 4.78 is 23.5. The van der Waals surface area contributed by atoms with Gasteiger partial charge in [-0.15, -0.1) is 0 Å². The topological polar surface area (TPSA) is 101 Å². The summed E-state index contributed by atoms with van der Waals surface area (Å²) in [6.45, 7) is 10.1. The molecular formula is C26H33FN4O5. The molecule has 2 aromatic rings. The molecule has 1 fully saturated rings. The van der Waals surface area contributed by atoms with Crippen molar-refractivity contribution in [3.63, 3.8) is 0 Å². The fourth-order valence-corrected chi connectivity index (χ4v) is 3.77. The maximum Gasteiger partial charge on any atom is 0.407 e. The smallest absolute Gasteiger partial charge is 0.407 e. The van der Waals surface area contributed by atoms with Crippen LogP contribution in [0.3, 0.4) is 0 Å². The number of alkyl carbamates (subject to hydrolysis) is 1. The molecule has 1 aliphatic heterocycles. The van der Waals surface area contributed by atoms with Gasteiger partial charge in [-0.2, -0.15) is 0 Å². The van der Waals surface area contributed by atoms with Crippen LogP contribution in [0.2, 0.25) is 0 Å². The molecule has 0 bridgehead atoms. The van der Waals surface area contributed by atoms with Gasteiger partial charge >= 0.3 is 12.1 Å². The van der Waals surface area contributed by atoms with Crippen LogP contribution in [0.25, 0.3) is 0 Å². The average molecular weight is 501 g/mol. The third kappa shape index (κ3) is 7.74. The minimum Gasteiger partial charge on any atom is -0.461 e. The summed E-state index contributed by atoms with van der Waals surface area (Å²) in [4.78, 5) is 45.8. The van der Waals surface area contributed by atoms with E-state index in [0.29, 0.717) is 43.9 Å². The molecule has 0 unspecified atom stereocenters. The maximum atomic E-state index is 13.2. The van der Waals surface area contributed by atoms with Gasteiger partial charge in [-0.25, -0.2) is 19.0 Å². The lowest BCUT2D eigenvalue weighted by Crippen LogP contribution is -2.48. The van der Waals surface area contributed by atoms with Crippen molar-refractivity contribution in [1.29, 1.82) is 0 Å². The van der Waals surface area contributed by atoms with E-state index in [1.165, 1.54) is 18.3 Å². The van der Waals surface area contributed by atoms with Gasteiger partial charge in [-0.3, -0.25) is 9.69 Å². The molecule has 9 nitrogen and oxygen atoms in total. The summed E-state index contributed by atoms with van der Waals surface area (Å²) >= 11 is 0. The molecule has 1 aromatic heterocycles. The molecule has 0 atom stereocenters. The minimum atomic E-state index is -0.678. The monoisotopic (exact) mass is 500 g/mol. The van der Waals surface area contributed by atoms with Gasteiger partial charge in [-0.1, -0.05) is 12.1 Å². The Bertz CT molecular complexity index is 1080. The van der Waals surface area contributed by atoms with Gasteiger partial charge < -0.3 is 19.7 Å². The highest BCUT2D eigenvalue weighted by Crippen LogP contribution is 2.16. The first kappa shape index (κ1) is 27.1. The Morgan fingerprint density at radius 3 is 2.36 bits per heavy atom. The lowest BCUT2D eigenvalue weighted by Gasteiger charge is -2.34. The molecular weight excluding hydrogens is 467 g/mol. The van der Waals surface area contributed by atoms with E-state index in [9.17, 15) is 18.8 Å².